The van der Waals surface area contributed by atoms with Gasteiger partial charge < -0.3 is 28.7 Å². The second-order valence-electron chi connectivity index (χ2n) is 13.1. The summed E-state index contributed by atoms with van der Waals surface area (Å²) in [5, 5.41) is 0.849. The zero-order chi connectivity index (χ0) is 34.1. The highest BCUT2D eigenvalue weighted by molar-refractivity contribution is 9.10. The molecule has 2 fully saturated rings. The number of amides is 2. The minimum absolute atomic E-state index is 0.0124. The van der Waals surface area contributed by atoms with Gasteiger partial charge in [-0.05, 0) is 107 Å². The van der Waals surface area contributed by atoms with E-state index in [1.54, 1.807) is 34.3 Å². The lowest BCUT2D eigenvalue weighted by Crippen LogP contribution is -2.42. The third kappa shape index (κ3) is 12.1. The van der Waals surface area contributed by atoms with Crippen LogP contribution in [0.5, 0.6) is 11.5 Å². The number of nitrogens with zero attached hydrogens (tertiary/aromatic N) is 4. The van der Waals surface area contributed by atoms with Crippen molar-refractivity contribution in [1.29, 1.82) is 0 Å². The molecule has 0 spiro atoms. The Morgan fingerprint density at radius 1 is 0.870 bits per heavy atom. The van der Waals surface area contributed by atoms with Gasteiger partial charge in [0.25, 0.3) is 0 Å². The zero-order valence-electron chi connectivity index (χ0n) is 27.5. The minimum atomic E-state index is -0.495. The van der Waals surface area contributed by atoms with Crippen molar-refractivity contribution in [3.05, 3.63) is 57.5 Å². The summed E-state index contributed by atoms with van der Waals surface area (Å²) in [6.07, 6.45) is 8.72. The van der Waals surface area contributed by atoms with E-state index in [1.807, 2.05) is 47.6 Å². The highest BCUT2D eigenvalue weighted by Crippen LogP contribution is 2.27. The predicted octanol–water partition coefficient (Wildman–Crippen LogP) is 8.52. The third-order valence-electron chi connectivity index (χ3n) is 6.92. The number of rotatable bonds is 8. The number of likely N-dealkylation sites (tertiary alicyclic amines) is 2. The Balaban J connectivity index is 0.000000251. The van der Waals surface area contributed by atoms with Crippen molar-refractivity contribution in [1.82, 2.24) is 19.8 Å². The van der Waals surface area contributed by atoms with Gasteiger partial charge in [0.2, 0.25) is 0 Å². The monoisotopic (exact) mass is 742 g/mol. The quantitative estimate of drug-likeness (QED) is 0.196. The molecule has 0 unspecified atom stereocenters. The summed E-state index contributed by atoms with van der Waals surface area (Å²) in [5.41, 5.74) is -0.111. The van der Waals surface area contributed by atoms with Crippen LogP contribution in [0.25, 0.3) is 0 Å². The van der Waals surface area contributed by atoms with Crippen LogP contribution in [0.4, 0.5) is 9.59 Å². The van der Waals surface area contributed by atoms with Gasteiger partial charge in [-0.15, -0.1) is 6.58 Å². The normalized spacial score (nSPS) is 18.0. The van der Waals surface area contributed by atoms with Gasteiger partial charge in [-0.1, -0.05) is 29.3 Å². The van der Waals surface area contributed by atoms with Crippen LogP contribution >= 0.6 is 39.1 Å². The standard InChI is InChI=1S/C18H25ClN2O3.C15H20BrClN2O3/c1-5-7-13-10-15(11-20-16(13)19)23-12-14-8-6-9-21(14)17(22)24-18(2,3)4;1-15(2,3)22-14(20)19-6-4-5-10(19)9-21-11-7-12(16)13(17)18-8-11/h5,10-11,14H,1,6-9,12H2,2-4H3;7-8,10H,4-6,9H2,1-3H3/t14-;10-/m11/s1. The van der Waals surface area contributed by atoms with Gasteiger partial charge in [-0.3, -0.25) is 0 Å². The fourth-order valence-corrected chi connectivity index (χ4v) is 5.47. The second kappa shape index (κ2) is 16.9. The SMILES string of the molecule is C=CCc1cc(OC[C@H]2CCCN2C(=O)OC(C)(C)C)cnc1Cl.CC(C)(C)OC(=O)N1CCC[C@@H]1COc1cnc(Cl)c(Br)c1. The van der Waals surface area contributed by atoms with E-state index in [9.17, 15) is 9.59 Å². The van der Waals surface area contributed by atoms with E-state index in [4.69, 9.17) is 42.1 Å². The molecule has 2 aromatic heterocycles. The molecule has 2 amide bonds. The van der Waals surface area contributed by atoms with Crippen LogP contribution in [-0.2, 0) is 15.9 Å². The van der Waals surface area contributed by atoms with Gasteiger partial charge in [-0.2, -0.15) is 0 Å². The molecule has 2 aromatic rings. The van der Waals surface area contributed by atoms with Crippen LogP contribution in [0.3, 0.4) is 0 Å². The van der Waals surface area contributed by atoms with Crippen molar-refractivity contribution in [2.24, 2.45) is 0 Å². The molecular weight excluding hydrogens is 699 g/mol. The molecule has 0 radical (unpaired) electrons. The van der Waals surface area contributed by atoms with Gasteiger partial charge in [0.05, 0.1) is 29.0 Å². The fraction of sp³-hybridized carbons (Fsp3) is 0.576. The number of hydrogen-bond acceptors (Lipinski definition) is 8. The van der Waals surface area contributed by atoms with Crippen molar-refractivity contribution in [2.45, 2.75) is 96.9 Å². The van der Waals surface area contributed by atoms with Gasteiger partial charge >= 0.3 is 12.2 Å². The molecule has 0 aromatic carbocycles. The lowest BCUT2D eigenvalue weighted by atomic mass is 10.2. The Bertz CT molecular complexity index is 1350. The zero-order valence-corrected chi connectivity index (χ0v) is 30.6. The van der Waals surface area contributed by atoms with E-state index >= 15 is 0 Å². The maximum absolute atomic E-state index is 12.3. The van der Waals surface area contributed by atoms with Crippen LogP contribution in [0.1, 0.15) is 72.8 Å². The van der Waals surface area contributed by atoms with E-state index < -0.39 is 11.2 Å². The van der Waals surface area contributed by atoms with Crippen molar-refractivity contribution < 1.29 is 28.5 Å². The first-order valence-electron chi connectivity index (χ1n) is 15.4. The topological polar surface area (TPSA) is 103 Å². The Hall–Kier alpha value is -2.76. The van der Waals surface area contributed by atoms with Crippen LogP contribution in [0.2, 0.25) is 10.3 Å². The molecule has 4 rings (SSSR count). The summed E-state index contributed by atoms with van der Waals surface area (Å²) >= 11 is 15.2. The molecule has 0 saturated carbocycles. The van der Waals surface area contributed by atoms with Crippen molar-refractivity contribution in [3.8, 4) is 11.5 Å². The molecule has 2 saturated heterocycles. The molecule has 46 heavy (non-hydrogen) atoms. The summed E-state index contributed by atoms with van der Waals surface area (Å²) in [5.74, 6) is 1.26. The van der Waals surface area contributed by atoms with Crippen molar-refractivity contribution in [3.63, 3.8) is 0 Å². The Morgan fingerprint density at radius 2 is 1.33 bits per heavy atom. The molecule has 10 nitrogen and oxygen atoms in total. The van der Waals surface area contributed by atoms with E-state index in [0.717, 1.165) is 31.2 Å². The minimum Gasteiger partial charge on any atom is -0.490 e. The van der Waals surface area contributed by atoms with Gasteiger partial charge in [0.15, 0.2) is 0 Å². The maximum atomic E-state index is 12.3. The lowest BCUT2D eigenvalue weighted by Gasteiger charge is -2.28. The largest absolute Gasteiger partial charge is 0.490 e. The Morgan fingerprint density at radius 3 is 1.76 bits per heavy atom. The number of aromatic nitrogens is 2. The van der Waals surface area contributed by atoms with E-state index in [0.29, 0.717) is 59.0 Å². The average Bonchev–Trinajstić information content (AvgIpc) is 3.63. The van der Waals surface area contributed by atoms with Crippen LogP contribution < -0.4 is 9.47 Å². The summed E-state index contributed by atoms with van der Waals surface area (Å²) in [7, 11) is 0. The molecular formula is C33H45BrCl2N4O6. The number of ether oxygens (including phenoxy) is 4. The van der Waals surface area contributed by atoms with E-state index in [1.165, 1.54) is 0 Å². The van der Waals surface area contributed by atoms with Crippen molar-refractivity contribution >= 4 is 51.3 Å². The second-order valence-corrected chi connectivity index (χ2v) is 14.7. The predicted molar refractivity (Wildman–Crippen MR) is 183 cm³/mol. The molecule has 0 aliphatic carbocycles. The number of carbonyl (C=O) groups is 2. The molecule has 13 heteroatoms. The van der Waals surface area contributed by atoms with Gasteiger partial charge in [-0.25, -0.2) is 19.6 Å². The lowest BCUT2D eigenvalue weighted by molar-refractivity contribution is 0.0177. The summed E-state index contributed by atoms with van der Waals surface area (Å²) < 4.78 is 23.1. The molecule has 254 valence electrons. The highest BCUT2D eigenvalue weighted by atomic mass is 79.9. The first kappa shape index (κ1) is 37.7. The Kier molecular flexibility index (Phi) is 13.8. The molecule has 2 atom stereocenters. The number of halogens is 3. The Labute approximate surface area is 290 Å². The fourth-order valence-electron chi connectivity index (χ4n) is 4.86. The van der Waals surface area contributed by atoms with Crippen molar-refractivity contribution in [2.75, 3.05) is 26.3 Å². The molecule has 4 heterocycles. The molecule has 2 aliphatic rings. The van der Waals surface area contributed by atoms with Gasteiger partial charge in [0, 0.05) is 13.1 Å². The third-order valence-corrected chi connectivity index (χ3v) is 8.39. The molecule has 2 aliphatic heterocycles. The van der Waals surface area contributed by atoms with E-state index in [-0.39, 0.29) is 24.3 Å². The first-order chi connectivity index (χ1) is 21.6. The number of pyridine rings is 2. The summed E-state index contributed by atoms with van der Waals surface area (Å²) in [6, 6.07) is 3.66. The number of carbonyl (C=O) groups excluding carboxylic acids is 2. The van der Waals surface area contributed by atoms with Gasteiger partial charge in [0.1, 0.15) is 46.2 Å². The molecule has 0 bridgehead atoms. The summed E-state index contributed by atoms with van der Waals surface area (Å²) in [4.78, 5) is 36.1. The number of allylic oxidation sites excluding steroid dienone is 1. The maximum Gasteiger partial charge on any atom is 0.410 e. The highest BCUT2D eigenvalue weighted by Gasteiger charge is 2.34. The number of hydrogen-bond donors (Lipinski definition) is 0. The average molecular weight is 745 g/mol. The first-order valence-corrected chi connectivity index (χ1v) is 16.9. The van der Waals surface area contributed by atoms with Crippen LogP contribution in [0.15, 0.2) is 41.7 Å². The smallest absolute Gasteiger partial charge is 0.410 e. The summed E-state index contributed by atoms with van der Waals surface area (Å²) in [6.45, 7) is 17.1. The molecule has 0 N–H and O–H groups in total. The van der Waals surface area contributed by atoms with E-state index in [2.05, 4.69) is 32.5 Å². The van der Waals surface area contributed by atoms with Crippen LogP contribution in [-0.4, -0.2) is 81.5 Å². The van der Waals surface area contributed by atoms with Crippen LogP contribution in [0, 0.1) is 0 Å².